The van der Waals surface area contributed by atoms with Crippen LogP contribution in [-0.2, 0) is 19.4 Å². The Kier molecular flexibility index (Phi) is 6.51. The number of carbonyl (C=O) groups excluding carboxylic acids is 2. The molecule has 122 valence electrons. The van der Waals surface area contributed by atoms with Crippen molar-refractivity contribution in [2.24, 2.45) is 0 Å². The zero-order chi connectivity index (χ0) is 16.8. The first-order valence-electron chi connectivity index (χ1n) is 6.75. The molecule has 1 aromatic rings. The average molecular weight is 328 g/mol. The Balaban J connectivity index is 2.66. The number of benzene rings is 1. The van der Waals surface area contributed by atoms with Crippen molar-refractivity contribution >= 4 is 27.3 Å². The van der Waals surface area contributed by atoms with Gasteiger partial charge in [0.1, 0.15) is 0 Å². The highest BCUT2D eigenvalue weighted by atomic mass is 32.2. The van der Waals surface area contributed by atoms with Gasteiger partial charge in [-0.05, 0) is 31.2 Å². The van der Waals surface area contributed by atoms with Crippen molar-refractivity contribution in [3.05, 3.63) is 24.3 Å². The molecule has 0 saturated carbocycles. The first-order chi connectivity index (χ1) is 10.2. The van der Waals surface area contributed by atoms with Crippen LogP contribution in [0.1, 0.15) is 20.3 Å². The van der Waals surface area contributed by atoms with E-state index in [2.05, 4.69) is 10.6 Å². The molecule has 0 heterocycles. The van der Waals surface area contributed by atoms with Gasteiger partial charge in [-0.1, -0.05) is 0 Å². The minimum atomic E-state index is -3.58. The average Bonchev–Trinajstić information content (AvgIpc) is 2.45. The standard InChI is InChI=1S/C14H20N2O5S/c1-10(9-17)15-14(19)7-8-22(20,21)13-5-3-12(4-6-13)16-11(2)18/h3-6,10,17H,7-9H2,1-2H3,(H,15,19)(H,16,18). The zero-order valence-corrected chi connectivity index (χ0v) is 13.3. The molecule has 7 nitrogen and oxygen atoms in total. The lowest BCUT2D eigenvalue weighted by molar-refractivity contribution is -0.121. The highest BCUT2D eigenvalue weighted by Gasteiger charge is 2.17. The Hall–Kier alpha value is -1.93. The molecule has 8 heteroatoms. The first-order valence-corrected chi connectivity index (χ1v) is 8.40. The quantitative estimate of drug-likeness (QED) is 0.666. The van der Waals surface area contributed by atoms with Gasteiger partial charge in [-0.25, -0.2) is 8.42 Å². The molecular formula is C14H20N2O5S. The Morgan fingerprint density at radius 2 is 1.82 bits per heavy atom. The third-order valence-electron chi connectivity index (χ3n) is 2.81. The lowest BCUT2D eigenvalue weighted by atomic mass is 10.3. The molecule has 22 heavy (non-hydrogen) atoms. The molecule has 1 atom stereocenters. The Morgan fingerprint density at radius 1 is 1.23 bits per heavy atom. The van der Waals surface area contributed by atoms with Crippen LogP contribution in [0.15, 0.2) is 29.2 Å². The molecule has 1 unspecified atom stereocenters. The van der Waals surface area contributed by atoms with Gasteiger partial charge in [0.05, 0.1) is 17.3 Å². The van der Waals surface area contributed by atoms with Crippen LogP contribution in [0.2, 0.25) is 0 Å². The summed E-state index contributed by atoms with van der Waals surface area (Å²) in [6.45, 7) is 2.77. The molecule has 1 aromatic carbocycles. The van der Waals surface area contributed by atoms with Crippen molar-refractivity contribution in [2.75, 3.05) is 17.7 Å². The number of aliphatic hydroxyl groups excluding tert-OH is 1. The van der Waals surface area contributed by atoms with E-state index in [1.807, 2.05) is 0 Å². The van der Waals surface area contributed by atoms with E-state index in [9.17, 15) is 18.0 Å². The predicted octanol–water partition coefficient (Wildman–Crippen LogP) is 0.306. The van der Waals surface area contributed by atoms with Crippen LogP contribution in [0.5, 0.6) is 0 Å². The maximum atomic E-state index is 12.1. The Bertz CT molecular complexity index is 625. The van der Waals surface area contributed by atoms with Crippen molar-refractivity contribution < 1.29 is 23.1 Å². The molecule has 0 fully saturated rings. The molecule has 0 radical (unpaired) electrons. The van der Waals surface area contributed by atoms with Crippen LogP contribution in [0, 0.1) is 0 Å². The van der Waals surface area contributed by atoms with E-state index in [0.29, 0.717) is 5.69 Å². The summed E-state index contributed by atoms with van der Waals surface area (Å²) in [4.78, 5) is 22.5. The van der Waals surface area contributed by atoms with Gasteiger partial charge in [-0.2, -0.15) is 0 Å². The van der Waals surface area contributed by atoms with Crippen molar-refractivity contribution in [1.82, 2.24) is 5.32 Å². The second-order valence-corrected chi connectivity index (χ2v) is 7.03. The maximum absolute atomic E-state index is 12.1. The third kappa shape index (κ3) is 5.82. The summed E-state index contributed by atoms with van der Waals surface area (Å²) in [6.07, 6.45) is -0.180. The number of anilines is 1. The minimum Gasteiger partial charge on any atom is -0.394 e. The Labute approximate surface area is 129 Å². The zero-order valence-electron chi connectivity index (χ0n) is 12.5. The number of sulfone groups is 1. The first kappa shape index (κ1) is 18.1. The van der Waals surface area contributed by atoms with E-state index in [0.717, 1.165) is 0 Å². The summed E-state index contributed by atoms with van der Waals surface area (Å²) in [5.74, 6) is -0.999. The second-order valence-electron chi connectivity index (χ2n) is 4.93. The fraction of sp³-hybridized carbons (Fsp3) is 0.429. The number of amides is 2. The van der Waals surface area contributed by atoms with E-state index in [-0.39, 0.29) is 29.6 Å². The fourth-order valence-electron chi connectivity index (χ4n) is 1.69. The molecule has 2 amide bonds. The molecule has 0 bridgehead atoms. The molecule has 0 aliphatic heterocycles. The van der Waals surface area contributed by atoms with E-state index in [4.69, 9.17) is 5.11 Å². The maximum Gasteiger partial charge on any atom is 0.221 e. The monoisotopic (exact) mass is 328 g/mol. The normalized spacial score (nSPS) is 12.5. The van der Waals surface area contributed by atoms with Gasteiger partial charge >= 0.3 is 0 Å². The van der Waals surface area contributed by atoms with Crippen molar-refractivity contribution in [3.8, 4) is 0 Å². The lowest BCUT2D eigenvalue weighted by Gasteiger charge is -2.11. The molecule has 0 spiro atoms. The molecule has 1 rings (SSSR count). The van der Waals surface area contributed by atoms with Crippen LogP contribution in [-0.4, -0.2) is 43.7 Å². The summed E-state index contributed by atoms with van der Waals surface area (Å²) >= 11 is 0. The van der Waals surface area contributed by atoms with Gasteiger partial charge in [0.25, 0.3) is 0 Å². The SMILES string of the molecule is CC(=O)Nc1ccc(S(=O)(=O)CCC(=O)NC(C)CO)cc1. The summed E-state index contributed by atoms with van der Waals surface area (Å²) < 4.78 is 24.2. The van der Waals surface area contributed by atoms with E-state index in [1.165, 1.54) is 31.2 Å². The highest BCUT2D eigenvalue weighted by Crippen LogP contribution is 2.16. The van der Waals surface area contributed by atoms with Gasteiger partial charge in [0.15, 0.2) is 9.84 Å². The van der Waals surface area contributed by atoms with E-state index < -0.39 is 21.8 Å². The summed E-state index contributed by atoms with van der Waals surface area (Å²) in [5, 5.41) is 13.8. The number of hydrogen-bond acceptors (Lipinski definition) is 5. The van der Waals surface area contributed by atoms with Gasteiger partial charge in [0.2, 0.25) is 11.8 Å². The number of hydrogen-bond donors (Lipinski definition) is 3. The van der Waals surface area contributed by atoms with Crippen molar-refractivity contribution in [1.29, 1.82) is 0 Å². The lowest BCUT2D eigenvalue weighted by Crippen LogP contribution is -2.35. The van der Waals surface area contributed by atoms with Gasteiger partial charge < -0.3 is 15.7 Å². The summed E-state index contributed by atoms with van der Waals surface area (Å²) in [5.41, 5.74) is 0.501. The summed E-state index contributed by atoms with van der Waals surface area (Å²) in [7, 11) is -3.58. The molecule has 0 saturated heterocycles. The second kappa shape index (κ2) is 7.90. The van der Waals surface area contributed by atoms with Crippen LogP contribution in [0.4, 0.5) is 5.69 Å². The molecule has 0 aliphatic rings. The minimum absolute atomic E-state index is 0.0876. The molecular weight excluding hydrogens is 308 g/mol. The number of nitrogens with one attached hydrogen (secondary N) is 2. The topological polar surface area (TPSA) is 113 Å². The number of aliphatic hydroxyl groups is 1. The van der Waals surface area contributed by atoms with Crippen LogP contribution in [0.25, 0.3) is 0 Å². The highest BCUT2D eigenvalue weighted by molar-refractivity contribution is 7.91. The Morgan fingerprint density at radius 3 is 2.32 bits per heavy atom. The fourth-order valence-corrected chi connectivity index (χ4v) is 2.93. The van der Waals surface area contributed by atoms with Crippen molar-refractivity contribution in [3.63, 3.8) is 0 Å². The van der Waals surface area contributed by atoms with Gasteiger partial charge in [0, 0.05) is 25.1 Å². The molecule has 0 aromatic heterocycles. The predicted molar refractivity (Wildman–Crippen MR) is 82.1 cm³/mol. The van der Waals surface area contributed by atoms with Gasteiger partial charge in [-0.3, -0.25) is 9.59 Å². The third-order valence-corrected chi connectivity index (χ3v) is 4.54. The molecule has 3 N–H and O–H groups in total. The van der Waals surface area contributed by atoms with Crippen LogP contribution >= 0.6 is 0 Å². The van der Waals surface area contributed by atoms with E-state index in [1.54, 1.807) is 6.92 Å². The summed E-state index contributed by atoms with van der Waals surface area (Å²) in [6, 6.07) is 5.33. The van der Waals surface area contributed by atoms with Gasteiger partial charge in [-0.15, -0.1) is 0 Å². The van der Waals surface area contributed by atoms with Crippen LogP contribution in [0.3, 0.4) is 0 Å². The van der Waals surface area contributed by atoms with E-state index >= 15 is 0 Å². The smallest absolute Gasteiger partial charge is 0.221 e. The largest absolute Gasteiger partial charge is 0.394 e. The number of rotatable bonds is 7. The van der Waals surface area contributed by atoms with Crippen LogP contribution < -0.4 is 10.6 Å². The number of carbonyl (C=O) groups is 2. The molecule has 0 aliphatic carbocycles. The van der Waals surface area contributed by atoms with Crippen molar-refractivity contribution in [2.45, 2.75) is 31.2 Å².